The molecule has 0 atom stereocenters. The highest BCUT2D eigenvalue weighted by atomic mass is 16.4. The van der Waals surface area contributed by atoms with Crippen LogP contribution >= 0.6 is 0 Å². The normalized spacial score (nSPS) is 17.0. The first-order chi connectivity index (χ1) is 10.2. The Balaban J connectivity index is 1.60. The number of aliphatic carboxylic acids is 1. The number of oxazole rings is 1. The molecule has 1 aromatic heterocycles. The van der Waals surface area contributed by atoms with Gasteiger partial charge in [0, 0.05) is 12.1 Å². The van der Waals surface area contributed by atoms with Gasteiger partial charge in [-0.2, -0.15) is 0 Å². The maximum Gasteiger partial charge on any atom is 0.306 e. The fourth-order valence-electron chi connectivity index (χ4n) is 2.66. The second kappa shape index (κ2) is 6.10. The number of hydrogen-bond donors (Lipinski definition) is 1. The van der Waals surface area contributed by atoms with Crippen LogP contribution in [0.25, 0.3) is 11.5 Å². The zero-order valence-corrected chi connectivity index (χ0v) is 11.7. The van der Waals surface area contributed by atoms with E-state index < -0.39 is 5.97 Å². The van der Waals surface area contributed by atoms with Crippen LogP contribution < -0.4 is 0 Å². The molecule has 0 saturated carbocycles. The second-order valence-corrected chi connectivity index (χ2v) is 5.40. The molecule has 5 nitrogen and oxygen atoms in total. The molecule has 2 heterocycles. The van der Waals surface area contributed by atoms with Crippen LogP contribution in [-0.2, 0) is 11.3 Å². The average Bonchev–Trinajstić information content (AvgIpc) is 2.97. The van der Waals surface area contributed by atoms with Crippen molar-refractivity contribution >= 4 is 5.97 Å². The van der Waals surface area contributed by atoms with E-state index in [-0.39, 0.29) is 5.92 Å². The number of hydrogen-bond acceptors (Lipinski definition) is 4. The Hall–Kier alpha value is -2.14. The molecule has 0 bridgehead atoms. The highest BCUT2D eigenvalue weighted by molar-refractivity contribution is 5.70. The van der Waals surface area contributed by atoms with E-state index >= 15 is 0 Å². The van der Waals surface area contributed by atoms with Gasteiger partial charge in [0.15, 0.2) is 0 Å². The third kappa shape index (κ3) is 3.31. The average molecular weight is 286 g/mol. The van der Waals surface area contributed by atoms with E-state index in [2.05, 4.69) is 9.88 Å². The number of benzene rings is 1. The Labute approximate surface area is 123 Å². The van der Waals surface area contributed by atoms with Crippen molar-refractivity contribution in [1.82, 2.24) is 9.88 Å². The SMILES string of the molecule is O=C(O)C1CCN(Cc2coc(-c3ccccc3)n2)CC1. The molecule has 3 rings (SSSR count). The lowest BCUT2D eigenvalue weighted by Crippen LogP contribution is -2.35. The summed E-state index contributed by atoms with van der Waals surface area (Å²) in [6, 6.07) is 9.80. The molecule has 1 aromatic carbocycles. The van der Waals surface area contributed by atoms with Crippen LogP contribution in [0.15, 0.2) is 41.0 Å². The Morgan fingerprint density at radius 1 is 1.29 bits per heavy atom. The lowest BCUT2D eigenvalue weighted by molar-refractivity contribution is -0.143. The molecule has 5 heteroatoms. The van der Waals surface area contributed by atoms with Gasteiger partial charge in [-0.05, 0) is 38.1 Å². The Bertz CT molecular complexity index is 601. The fourth-order valence-corrected chi connectivity index (χ4v) is 2.66. The predicted octanol–water partition coefficient (Wildman–Crippen LogP) is 2.64. The van der Waals surface area contributed by atoms with Gasteiger partial charge in [0.2, 0.25) is 5.89 Å². The smallest absolute Gasteiger partial charge is 0.306 e. The molecular weight excluding hydrogens is 268 g/mol. The standard InChI is InChI=1S/C16H18N2O3/c19-16(20)13-6-8-18(9-7-13)10-14-11-21-15(17-14)12-4-2-1-3-5-12/h1-5,11,13H,6-10H2,(H,19,20). The molecule has 0 amide bonds. The van der Waals surface area contributed by atoms with E-state index in [1.54, 1.807) is 6.26 Å². The van der Waals surface area contributed by atoms with Crippen LogP contribution in [0.4, 0.5) is 0 Å². The maximum atomic E-state index is 10.9. The molecule has 1 aliphatic rings. The summed E-state index contributed by atoms with van der Waals surface area (Å²) in [6.07, 6.45) is 3.10. The van der Waals surface area contributed by atoms with Crippen LogP contribution in [0.3, 0.4) is 0 Å². The van der Waals surface area contributed by atoms with Gasteiger partial charge in [0.25, 0.3) is 0 Å². The minimum Gasteiger partial charge on any atom is -0.481 e. The van der Waals surface area contributed by atoms with Crippen molar-refractivity contribution in [2.45, 2.75) is 19.4 Å². The second-order valence-electron chi connectivity index (χ2n) is 5.40. The van der Waals surface area contributed by atoms with E-state index in [0.717, 1.165) is 24.3 Å². The lowest BCUT2D eigenvalue weighted by atomic mass is 9.97. The maximum absolute atomic E-state index is 10.9. The van der Waals surface area contributed by atoms with Gasteiger partial charge in [-0.25, -0.2) is 4.98 Å². The van der Waals surface area contributed by atoms with E-state index in [1.807, 2.05) is 30.3 Å². The summed E-state index contributed by atoms with van der Waals surface area (Å²) in [5.74, 6) is -0.244. The first-order valence-electron chi connectivity index (χ1n) is 7.17. The topological polar surface area (TPSA) is 66.6 Å². The van der Waals surface area contributed by atoms with Gasteiger partial charge < -0.3 is 9.52 Å². The quantitative estimate of drug-likeness (QED) is 0.936. The lowest BCUT2D eigenvalue weighted by Gasteiger charge is -2.29. The Kier molecular flexibility index (Phi) is 4.01. The van der Waals surface area contributed by atoms with Gasteiger partial charge in [-0.1, -0.05) is 18.2 Å². The van der Waals surface area contributed by atoms with Crippen molar-refractivity contribution in [2.24, 2.45) is 5.92 Å². The zero-order valence-electron chi connectivity index (χ0n) is 11.7. The molecule has 1 aliphatic heterocycles. The van der Waals surface area contributed by atoms with E-state index in [0.29, 0.717) is 25.3 Å². The Morgan fingerprint density at radius 3 is 2.67 bits per heavy atom. The van der Waals surface area contributed by atoms with Crippen molar-refractivity contribution in [3.05, 3.63) is 42.3 Å². The van der Waals surface area contributed by atoms with Crippen molar-refractivity contribution in [2.75, 3.05) is 13.1 Å². The number of aromatic nitrogens is 1. The van der Waals surface area contributed by atoms with Crippen molar-refractivity contribution in [1.29, 1.82) is 0 Å². The summed E-state index contributed by atoms with van der Waals surface area (Å²) < 4.78 is 5.52. The third-order valence-electron chi connectivity index (χ3n) is 3.89. The molecule has 1 N–H and O–H groups in total. The number of nitrogens with zero attached hydrogens (tertiary/aromatic N) is 2. The largest absolute Gasteiger partial charge is 0.481 e. The monoisotopic (exact) mass is 286 g/mol. The minimum atomic E-state index is -0.678. The summed E-state index contributed by atoms with van der Waals surface area (Å²) in [7, 11) is 0. The van der Waals surface area contributed by atoms with Crippen molar-refractivity contribution in [3.8, 4) is 11.5 Å². The van der Waals surface area contributed by atoms with Crippen molar-refractivity contribution in [3.63, 3.8) is 0 Å². The number of piperidine rings is 1. The van der Waals surface area contributed by atoms with Gasteiger partial charge in [-0.15, -0.1) is 0 Å². The van der Waals surface area contributed by atoms with Crippen LogP contribution in [0, 0.1) is 5.92 Å². The van der Waals surface area contributed by atoms with E-state index in [4.69, 9.17) is 9.52 Å². The van der Waals surface area contributed by atoms with Gasteiger partial charge in [0.1, 0.15) is 6.26 Å². The van der Waals surface area contributed by atoms with E-state index in [9.17, 15) is 4.79 Å². The number of likely N-dealkylation sites (tertiary alicyclic amines) is 1. The number of rotatable bonds is 4. The molecule has 0 spiro atoms. The highest BCUT2D eigenvalue weighted by Gasteiger charge is 2.24. The first-order valence-corrected chi connectivity index (χ1v) is 7.17. The van der Waals surface area contributed by atoms with E-state index in [1.165, 1.54) is 0 Å². The van der Waals surface area contributed by atoms with Gasteiger partial charge >= 0.3 is 5.97 Å². The summed E-state index contributed by atoms with van der Waals surface area (Å²) in [6.45, 7) is 2.30. The molecule has 1 fully saturated rings. The fraction of sp³-hybridized carbons (Fsp3) is 0.375. The van der Waals surface area contributed by atoms with Crippen LogP contribution in [0.2, 0.25) is 0 Å². The molecular formula is C16H18N2O3. The predicted molar refractivity (Wildman–Crippen MR) is 77.6 cm³/mol. The Morgan fingerprint density at radius 2 is 2.00 bits per heavy atom. The minimum absolute atomic E-state index is 0.196. The molecule has 0 radical (unpaired) electrons. The first kappa shape index (κ1) is 13.8. The number of carbonyl (C=O) groups is 1. The summed E-state index contributed by atoms with van der Waals surface area (Å²) in [4.78, 5) is 17.7. The molecule has 21 heavy (non-hydrogen) atoms. The summed E-state index contributed by atoms with van der Waals surface area (Å²) in [5.41, 5.74) is 1.86. The highest BCUT2D eigenvalue weighted by Crippen LogP contribution is 2.21. The zero-order chi connectivity index (χ0) is 14.7. The number of carboxylic acids is 1. The van der Waals surface area contributed by atoms with Crippen LogP contribution in [-0.4, -0.2) is 34.0 Å². The molecule has 1 saturated heterocycles. The summed E-state index contributed by atoms with van der Waals surface area (Å²) in [5, 5.41) is 9.00. The number of carboxylic acid groups (broad SMARTS) is 1. The van der Waals surface area contributed by atoms with Gasteiger partial charge in [0.05, 0.1) is 11.6 Å². The van der Waals surface area contributed by atoms with Crippen LogP contribution in [0.1, 0.15) is 18.5 Å². The van der Waals surface area contributed by atoms with Crippen molar-refractivity contribution < 1.29 is 14.3 Å². The third-order valence-corrected chi connectivity index (χ3v) is 3.89. The molecule has 2 aromatic rings. The summed E-state index contributed by atoms with van der Waals surface area (Å²) >= 11 is 0. The van der Waals surface area contributed by atoms with Crippen LogP contribution in [0.5, 0.6) is 0 Å². The molecule has 0 aliphatic carbocycles. The van der Waals surface area contributed by atoms with Gasteiger partial charge in [-0.3, -0.25) is 9.69 Å². The molecule has 0 unspecified atom stereocenters. The molecule has 110 valence electrons.